The van der Waals surface area contributed by atoms with Crippen molar-refractivity contribution in [3.8, 4) is 0 Å². The van der Waals surface area contributed by atoms with Gasteiger partial charge in [0.15, 0.2) is 0 Å². The fraction of sp³-hybridized carbons (Fsp3) is 0.667. The normalized spacial score (nSPS) is 17.8. The Morgan fingerprint density at radius 3 is 2.83 bits per heavy atom. The summed E-state index contributed by atoms with van der Waals surface area (Å²) in [5.74, 6) is 0.309. The lowest BCUT2D eigenvalue weighted by Crippen LogP contribution is -2.39. The van der Waals surface area contributed by atoms with E-state index in [1.165, 1.54) is 4.68 Å². The highest BCUT2D eigenvalue weighted by Crippen LogP contribution is 2.36. The fourth-order valence-corrected chi connectivity index (χ4v) is 2.47. The molecule has 0 radical (unpaired) electrons. The highest BCUT2D eigenvalue weighted by molar-refractivity contribution is 5.75. The molecule has 0 spiro atoms. The Balaban J connectivity index is 1.81. The minimum Gasteiger partial charge on any atom is -0.396 e. The van der Waals surface area contributed by atoms with Crippen LogP contribution in [0.5, 0.6) is 0 Å². The maximum absolute atomic E-state index is 11.7. The van der Waals surface area contributed by atoms with Crippen LogP contribution in [0.15, 0.2) is 12.3 Å². The van der Waals surface area contributed by atoms with Crippen LogP contribution in [0.2, 0.25) is 0 Å². The number of aliphatic hydroxyl groups is 1. The van der Waals surface area contributed by atoms with Gasteiger partial charge >= 0.3 is 0 Å². The van der Waals surface area contributed by atoms with Crippen LogP contribution >= 0.6 is 0 Å². The minimum absolute atomic E-state index is 0.0992. The summed E-state index contributed by atoms with van der Waals surface area (Å²) in [5.41, 5.74) is 5.36. The summed E-state index contributed by atoms with van der Waals surface area (Å²) in [4.78, 5) is 11.7. The Hall–Kier alpha value is -1.56. The van der Waals surface area contributed by atoms with Gasteiger partial charge in [0.2, 0.25) is 5.91 Å². The molecule has 1 aromatic heterocycles. The van der Waals surface area contributed by atoms with Gasteiger partial charge in [0.1, 0.15) is 12.4 Å². The first-order valence-corrected chi connectivity index (χ1v) is 6.30. The Morgan fingerprint density at radius 1 is 1.56 bits per heavy atom. The molecule has 0 saturated heterocycles. The fourth-order valence-electron chi connectivity index (χ4n) is 2.47. The Kier molecular flexibility index (Phi) is 3.86. The van der Waals surface area contributed by atoms with E-state index >= 15 is 0 Å². The summed E-state index contributed by atoms with van der Waals surface area (Å²) in [7, 11) is 0. The van der Waals surface area contributed by atoms with Crippen LogP contribution in [0.4, 0.5) is 5.82 Å². The maximum atomic E-state index is 11.7. The zero-order valence-corrected chi connectivity index (χ0v) is 10.4. The van der Waals surface area contributed by atoms with E-state index in [0.717, 1.165) is 25.7 Å². The summed E-state index contributed by atoms with van der Waals surface area (Å²) in [5, 5.41) is 16.3. The SMILES string of the molecule is Nc1ccn(CC(=O)NCC2(CO)CCCC2)n1. The third kappa shape index (κ3) is 3.01. The molecule has 1 heterocycles. The van der Waals surface area contributed by atoms with E-state index in [1.807, 2.05) is 0 Å². The van der Waals surface area contributed by atoms with E-state index in [1.54, 1.807) is 12.3 Å². The Labute approximate surface area is 106 Å². The van der Waals surface area contributed by atoms with Crippen LogP contribution in [0.25, 0.3) is 0 Å². The summed E-state index contributed by atoms with van der Waals surface area (Å²) >= 11 is 0. The zero-order chi connectivity index (χ0) is 13.0. The quantitative estimate of drug-likeness (QED) is 0.694. The number of nitrogen functional groups attached to an aromatic ring is 1. The van der Waals surface area contributed by atoms with Crippen molar-refractivity contribution in [3.63, 3.8) is 0 Å². The molecule has 4 N–H and O–H groups in total. The van der Waals surface area contributed by atoms with E-state index in [-0.39, 0.29) is 24.5 Å². The molecule has 1 aliphatic carbocycles. The van der Waals surface area contributed by atoms with E-state index in [4.69, 9.17) is 5.73 Å². The molecule has 2 rings (SSSR count). The second kappa shape index (κ2) is 5.39. The van der Waals surface area contributed by atoms with E-state index in [9.17, 15) is 9.90 Å². The second-order valence-corrected chi connectivity index (χ2v) is 5.08. The molecule has 1 fully saturated rings. The first-order valence-electron chi connectivity index (χ1n) is 6.30. The summed E-state index contributed by atoms with van der Waals surface area (Å²) in [6, 6.07) is 1.65. The van der Waals surface area contributed by atoms with Crippen LogP contribution in [-0.2, 0) is 11.3 Å². The van der Waals surface area contributed by atoms with Crippen LogP contribution < -0.4 is 11.1 Å². The number of aliphatic hydroxyl groups excluding tert-OH is 1. The largest absolute Gasteiger partial charge is 0.396 e. The van der Waals surface area contributed by atoms with E-state index < -0.39 is 0 Å². The standard InChI is InChI=1S/C12H20N4O2/c13-10-3-6-16(15-10)7-11(18)14-8-12(9-17)4-1-2-5-12/h3,6,17H,1-2,4-5,7-9H2,(H2,13,15)(H,14,18). The third-order valence-electron chi connectivity index (χ3n) is 3.63. The minimum atomic E-state index is -0.112. The molecule has 0 aromatic carbocycles. The van der Waals surface area contributed by atoms with Crippen molar-refractivity contribution in [3.05, 3.63) is 12.3 Å². The summed E-state index contributed by atoms with van der Waals surface area (Å²) in [6.45, 7) is 0.847. The third-order valence-corrected chi connectivity index (χ3v) is 3.63. The van der Waals surface area contributed by atoms with Gasteiger partial charge in [-0.25, -0.2) is 0 Å². The van der Waals surface area contributed by atoms with Crippen molar-refractivity contribution in [2.45, 2.75) is 32.2 Å². The molecular formula is C12H20N4O2. The number of nitrogens with zero attached hydrogens (tertiary/aromatic N) is 2. The molecule has 6 heteroatoms. The Morgan fingerprint density at radius 2 is 2.28 bits per heavy atom. The molecule has 1 amide bonds. The van der Waals surface area contributed by atoms with Gasteiger partial charge in [-0.15, -0.1) is 0 Å². The lowest BCUT2D eigenvalue weighted by atomic mass is 9.87. The number of nitrogens with two attached hydrogens (primary N) is 1. The molecule has 100 valence electrons. The second-order valence-electron chi connectivity index (χ2n) is 5.08. The number of anilines is 1. The molecular weight excluding hydrogens is 232 g/mol. The van der Waals surface area contributed by atoms with Gasteiger partial charge in [0.05, 0.1) is 6.61 Å². The first-order chi connectivity index (χ1) is 8.63. The molecule has 0 unspecified atom stereocenters. The number of carbonyl (C=O) groups is 1. The van der Waals surface area contributed by atoms with Crippen molar-refractivity contribution in [2.75, 3.05) is 18.9 Å². The van der Waals surface area contributed by atoms with Crippen LogP contribution in [0, 0.1) is 5.41 Å². The molecule has 0 aliphatic heterocycles. The smallest absolute Gasteiger partial charge is 0.241 e. The van der Waals surface area contributed by atoms with E-state index in [0.29, 0.717) is 12.4 Å². The van der Waals surface area contributed by atoms with Crippen LogP contribution in [0.3, 0.4) is 0 Å². The molecule has 6 nitrogen and oxygen atoms in total. The molecule has 18 heavy (non-hydrogen) atoms. The average Bonchev–Trinajstić information content (AvgIpc) is 2.97. The number of hydrogen-bond acceptors (Lipinski definition) is 4. The first kappa shape index (κ1) is 12.9. The summed E-state index contributed by atoms with van der Waals surface area (Å²) < 4.78 is 1.50. The zero-order valence-electron chi connectivity index (χ0n) is 10.4. The number of carbonyl (C=O) groups excluding carboxylic acids is 1. The van der Waals surface area contributed by atoms with Crippen molar-refractivity contribution in [2.24, 2.45) is 5.41 Å². The topological polar surface area (TPSA) is 93.2 Å². The van der Waals surface area contributed by atoms with E-state index in [2.05, 4.69) is 10.4 Å². The summed E-state index contributed by atoms with van der Waals surface area (Å²) in [6.07, 6.45) is 5.90. The number of nitrogens with one attached hydrogen (secondary N) is 1. The molecule has 1 aliphatic rings. The van der Waals surface area contributed by atoms with Crippen LogP contribution in [-0.4, -0.2) is 33.9 Å². The molecule has 0 atom stereocenters. The highest BCUT2D eigenvalue weighted by Gasteiger charge is 2.33. The van der Waals surface area contributed by atoms with Crippen molar-refractivity contribution in [1.29, 1.82) is 0 Å². The van der Waals surface area contributed by atoms with Gasteiger partial charge in [-0.2, -0.15) is 5.10 Å². The van der Waals surface area contributed by atoms with Gasteiger partial charge in [-0.05, 0) is 18.9 Å². The molecule has 1 saturated carbocycles. The molecule has 1 aromatic rings. The monoisotopic (exact) mass is 252 g/mol. The lowest BCUT2D eigenvalue weighted by molar-refractivity contribution is -0.122. The van der Waals surface area contributed by atoms with Gasteiger partial charge in [-0.1, -0.05) is 12.8 Å². The predicted molar refractivity (Wildman–Crippen MR) is 67.6 cm³/mol. The molecule has 0 bridgehead atoms. The average molecular weight is 252 g/mol. The number of aromatic nitrogens is 2. The van der Waals surface area contributed by atoms with Crippen molar-refractivity contribution >= 4 is 11.7 Å². The number of hydrogen-bond donors (Lipinski definition) is 3. The predicted octanol–water partition coefficient (Wildman–Crippen LogP) is 0.134. The lowest BCUT2D eigenvalue weighted by Gasteiger charge is -2.26. The van der Waals surface area contributed by atoms with Gasteiger partial charge in [0, 0.05) is 18.2 Å². The number of amides is 1. The highest BCUT2D eigenvalue weighted by atomic mass is 16.3. The van der Waals surface area contributed by atoms with Crippen molar-refractivity contribution in [1.82, 2.24) is 15.1 Å². The Bertz CT molecular complexity index is 410. The van der Waals surface area contributed by atoms with Crippen LogP contribution in [0.1, 0.15) is 25.7 Å². The van der Waals surface area contributed by atoms with Gasteiger partial charge in [0.25, 0.3) is 0 Å². The van der Waals surface area contributed by atoms with Crippen molar-refractivity contribution < 1.29 is 9.90 Å². The number of rotatable bonds is 5. The van der Waals surface area contributed by atoms with Gasteiger partial charge in [-0.3, -0.25) is 9.48 Å². The van der Waals surface area contributed by atoms with Gasteiger partial charge < -0.3 is 16.2 Å². The maximum Gasteiger partial charge on any atom is 0.241 e.